The van der Waals surface area contributed by atoms with Crippen molar-refractivity contribution in [3.63, 3.8) is 0 Å². The minimum Gasteiger partial charge on any atom is -0.618 e. The highest BCUT2D eigenvalue weighted by Crippen LogP contribution is 2.42. The summed E-state index contributed by atoms with van der Waals surface area (Å²) in [7, 11) is 0. The van der Waals surface area contributed by atoms with Gasteiger partial charge in [0.25, 0.3) is 0 Å². The summed E-state index contributed by atoms with van der Waals surface area (Å²) >= 11 is 0. The van der Waals surface area contributed by atoms with Crippen molar-refractivity contribution in [3.05, 3.63) is 108 Å². The first kappa shape index (κ1) is 18.5. The maximum atomic E-state index is 6.97. The van der Waals surface area contributed by atoms with Gasteiger partial charge in [-0.25, -0.2) is 0 Å². The van der Waals surface area contributed by atoms with E-state index in [9.17, 15) is 0 Å². The third-order valence-corrected chi connectivity index (χ3v) is 6.98. The summed E-state index contributed by atoms with van der Waals surface area (Å²) in [6.07, 6.45) is 0. The summed E-state index contributed by atoms with van der Waals surface area (Å²) in [6.45, 7) is 2.16. The Bertz CT molecular complexity index is 1530. The highest BCUT2D eigenvalue weighted by molar-refractivity contribution is 6.77. The normalized spacial score (nSPS) is 14.5. The van der Waals surface area contributed by atoms with E-state index in [4.69, 9.17) is 9.31 Å². The van der Waals surface area contributed by atoms with Gasteiger partial charge in [-0.1, -0.05) is 65.7 Å². The second-order valence-electron chi connectivity index (χ2n) is 9.14. The molecular weight excluding hydrogens is 405 g/mol. The van der Waals surface area contributed by atoms with Crippen molar-refractivity contribution >= 4 is 22.9 Å². The van der Waals surface area contributed by atoms with Crippen LogP contribution in [0.1, 0.15) is 11.1 Å². The molecule has 2 aliphatic heterocycles. The first-order valence-electron chi connectivity index (χ1n) is 11.4. The van der Waals surface area contributed by atoms with Crippen LogP contribution in [0.3, 0.4) is 0 Å². The summed E-state index contributed by atoms with van der Waals surface area (Å²) in [5.41, 5.74) is 7.85. The smallest absolute Gasteiger partial charge is 0.618 e. The summed E-state index contributed by atoms with van der Waals surface area (Å²) in [6, 6.07) is 34.1. The Labute approximate surface area is 192 Å². The summed E-state index contributed by atoms with van der Waals surface area (Å²) in [4.78, 5) is 0. The number of hydrogen-bond acceptors (Lipinski definition) is 2. The van der Waals surface area contributed by atoms with E-state index >= 15 is 0 Å². The van der Waals surface area contributed by atoms with Gasteiger partial charge >= 0.3 is 6.69 Å². The highest BCUT2D eigenvalue weighted by atomic mass is 16.6. The standard InChI is InChI=1S/C29H22BNO2/c1-19-13-15-28-23(17-19)26-11-6-12-27-24-18-20(2)14-16-29(24)33-30(32-28,31(26)27)25-10-5-8-21-7-3-4-9-22(21)25/h3-18H,1-2H3. The Morgan fingerprint density at radius 1 is 0.606 bits per heavy atom. The molecule has 158 valence electrons. The molecule has 3 nitrogen and oxygen atoms in total. The van der Waals surface area contributed by atoms with Crippen molar-refractivity contribution in [3.8, 4) is 34.0 Å². The molecular formula is C29H22BNO2. The molecule has 1 aromatic heterocycles. The van der Waals surface area contributed by atoms with Crippen LogP contribution in [0.5, 0.6) is 11.5 Å². The van der Waals surface area contributed by atoms with Crippen LogP contribution in [-0.4, -0.2) is 6.69 Å². The van der Waals surface area contributed by atoms with Crippen LogP contribution in [-0.2, 0) is 0 Å². The van der Waals surface area contributed by atoms with E-state index in [1.54, 1.807) is 0 Å². The lowest BCUT2D eigenvalue weighted by Gasteiger charge is -2.45. The van der Waals surface area contributed by atoms with Crippen molar-refractivity contribution in [1.82, 2.24) is 0 Å². The maximum Gasteiger partial charge on any atom is 0.686 e. The predicted molar refractivity (Wildman–Crippen MR) is 133 cm³/mol. The van der Waals surface area contributed by atoms with Gasteiger partial charge < -0.3 is 13.8 Å². The third kappa shape index (κ3) is 2.49. The van der Waals surface area contributed by atoms with Gasteiger partial charge in [0, 0.05) is 12.1 Å². The molecule has 0 saturated heterocycles. The first-order valence-corrected chi connectivity index (χ1v) is 11.4. The van der Waals surface area contributed by atoms with Gasteiger partial charge in [-0.05, 0) is 60.4 Å². The molecule has 0 atom stereocenters. The fourth-order valence-electron chi connectivity index (χ4n) is 5.53. The van der Waals surface area contributed by atoms with Crippen LogP contribution in [0.2, 0.25) is 0 Å². The molecule has 3 heterocycles. The second kappa shape index (κ2) is 6.49. The lowest BCUT2D eigenvalue weighted by molar-refractivity contribution is -0.548. The molecule has 0 spiro atoms. The maximum absolute atomic E-state index is 6.97. The Balaban J connectivity index is 1.65. The number of benzene rings is 4. The van der Waals surface area contributed by atoms with Crippen LogP contribution in [0.25, 0.3) is 33.3 Å². The SMILES string of the molecule is Cc1ccc2c(c1)-c1cccc3[n+]1[B-](c1cccc4ccccc14)(O2)Oc1ccc(C)cc1-3. The van der Waals surface area contributed by atoms with Crippen LogP contribution < -0.4 is 19.2 Å². The van der Waals surface area contributed by atoms with Crippen LogP contribution in [0, 0.1) is 13.8 Å². The third-order valence-electron chi connectivity index (χ3n) is 6.98. The number of pyridine rings is 1. The lowest BCUT2D eigenvalue weighted by Crippen LogP contribution is -2.83. The van der Waals surface area contributed by atoms with Gasteiger partial charge in [0.15, 0.2) is 11.4 Å². The van der Waals surface area contributed by atoms with E-state index in [1.165, 1.54) is 16.5 Å². The van der Waals surface area contributed by atoms with Gasteiger partial charge in [-0.3, -0.25) is 0 Å². The van der Waals surface area contributed by atoms with Crippen molar-refractivity contribution in [1.29, 1.82) is 0 Å². The van der Waals surface area contributed by atoms with Gasteiger partial charge in [0.1, 0.15) is 0 Å². The lowest BCUT2D eigenvalue weighted by atomic mass is 9.58. The quantitative estimate of drug-likeness (QED) is 0.327. The van der Waals surface area contributed by atoms with Crippen LogP contribution in [0.15, 0.2) is 97.1 Å². The molecule has 0 amide bonds. The molecule has 5 aromatic rings. The zero-order valence-electron chi connectivity index (χ0n) is 18.6. The Morgan fingerprint density at radius 2 is 1.18 bits per heavy atom. The zero-order chi connectivity index (χ0) is 22.2. The Hall–Kier alpha value is -4.05. The van der Waals surface area contributed by atoms with E-state index in [0.717, 1.165) is 44.9 Å². The molecule has 7 rings (SSSR count). The average Bonchev–Trinajstić information content (AvgIpc) is 2.85. The largest absolute Gasteiger partial charge is 0.686 e. The minimum absolute atomic E-state index is 0.848. The van der Waals surface area contributed by atoms with Gasteiger partial charge in [0.2, 0.25) is 0 Å². The fraction of sp³-hybridized carbons (Fsp3) is 0.0690. The van der Waals surface area contributed by atoms with Gasteiger partial charge in [0.05, 0.1) is 22.6 Å². The van der Waals surface area contributed by atoms with Crippen LogP contribution in [0.4, 0.5) is 0 Å². The number of fused-ring (bicyclic) bond motifs is 5. The molecule has 0 N–H and O–H groups in total. The van der Waals surface area contributed by atoms with Crippen molar-refractivity contribution in [2.45, 2.75) is 13.8 Å². The molecule has 33 heavy (non-hydrogen) atoms. The number of hydrogen-bond donors (Lipinski definition) is 0. The minimum atomic E-state index is -2.07. The van der Waals surface area contributed by atoms with Crippen LogP contribution >= 0.6 is 0 Å². The molecule has 0 fully saturated rings. The highest BCUT2D eigenvalue weighted by Gasteiger charge is 2.57. The predicted octanol–water partition coefficient (Wildman–Crippen LogP) is 5.56. The molecule has 0 radical (unpaired) electrons. The average molecular weight is 427 g/mol. The van der Waals surface area contributed by atoms with E-state index in [0.29, 0.717) is 0 Å². The van der Waals surface area contributed by atoms with E-state index < -0.39 is 6.69 Å². The monoisotopic (exact) mass is 427 g/mol. The van der Waals surface area contributed by atoms with E-state index in [1.807, 2.05) is 0 Å². The number of aromatic nitrogens is 1. The number of rotatable bonds is 1. The molecule has 0 aliphatic carbocycles. The van der Waals surface area contributed by atoms with E-state index in [-0.39, 0.29) is 0 Å². The molecule has 4 heteroatoms. The fourth-order valence-corrected chi connectivity index (χ4v) is 5.53. The van der Waals surface area contributed by atoms with Crippen molar-refractivity contribution in [2.75, 3.05) is 0 Å². The molecule has 4 aromatic carbocycles. The van der Waals surface area contributed by atoms with Crippen molar-refractivity contribution in [2.24, 2.45) is 0 Å². The molecule has 0 saturated carbocycles. The Morgan fingerprint density at radius 3 is 1.85 bits per heavy atom. The van der Waals surface area contributed by atoms with E-state index in [2.05, 4.69) is 115 Å². The van der Waals surface area contributed by atoms with Gasteiger partial charge in [-0.15, -0.1) is 0 Å². The van der Waals surface area contributed by atoms with Crippen molar-refractivity contribution < 1.29 is 13.8 Å². The summed E-state index contributed by atoms with van der Waals surface area (Å²) in [5.74, 6) is 1.70. The zero-order valence-corrected chi connectivity index (χ0v) is 18.6. The van der Waals surface area contributed by atoms with Gasteiger partial charge in [-0.2, -0.15) is 0 Å². The topological polar surface area (TPSA) is 22.3 Å². The molecule has 0 bridgehead atoms. The first-order chi connectivity index (χ1) is 16.1. The molecule has 0 unspecified atom stereocenters. The summed E-state index contributed by atoms with van der Waals surface area (Å²) in [5, 5.41) is 2.31. The second-order valence-corrected chi connectivity index (χ2v) is 9.14. The molecule has 2 aliphatic rings. The number of nitrogens with zero attached hydrogens (tertiary/aromatic N) is 1. The number of aryl methyl sites for hydroxylation is 2. The Kier molecular flexibility index (Phi) is 3.64. The summed E-state index contributed by atoms with van der Waals surface area (Å²) < 4.78 is 16.2.